The van der Waals surface area contributed by atoms with Gasteiger partial charge >= 0.3 is 0 Å². The largest absolute Gasteiger partial charge is 0.491 e. The molecule has 0 aliphatic rings. The van der Waals surface area contributed by atoms with Crippen molar-refractivity contribution in [1.82, 2.24) is 14.5 Å². The summed E-state index contributed by atoms with van der Waals surface area (Å²) < 4.78 is 7.62. The van der Waals surface area contributed by atoms with Crippen molar-refractivity contribution in [3.8, 4) is 11.6 Å². The zero-order valence-electron chi connectivity index (χ0n) is 12.5. The number of rotatable bonds is 5. The molecule has 0 fully saturated rings. The number of para-hydroxylation sites is 2. The molecule has 5 nitrogen and oxygen atoms in total. The Morgan fingerprint density at radius 1 is 1.27 bits per heavy atom. The van der Waals surface area contributed by atoms with Crippen LogP contribution >= 0.6 is 11.8 Å². The van der Waals surface area contributed by atoms with E-state index in [1.54, 1.807) is 18.0 Å². The number of thioether (sulfide) groups is 1. The van der Waals surface area contributed by atoms with E-state index in [1.165, 1.54) is 0 Å². The molecule has 1 aromatic carbocycles. The van der Waals surface area contributed by atoms with E-state index in [0.717, 1.165) is 33.3 Å². The van der Waals surface area contributed by atoms with E-state index >= 15 is 0 Å². The van der Waals surface area contributed by atoms with E-state index in [-0.39, 0.29) is 13.2 Å². The molecule has 0 unspecified atom stereocenters. The van der Waals surface area contributed by atoms with Crippen LogP contribution in [0.25, 0.3) is 16.9 Å². The number of aliphatic hydroxyl groups is 1. The van der Waals surface area contributed by atoms with Gasteiger partial charge in [0.15, 0.2) is 5.16 Å². The highest BCUT2D eigenvalue weighted by molar-refractivity contribution is 7.98. The Bertz CT molecular complexity index is 801. The first-order valence-corrected chi connectivity index (χ1v) is 8.20. The quantitative estimate of drug-likeness (QED) is 0.734. The summed E-state index contributed by atoms with van der Waals surface area (Å²) in [6, 6.07) is 9.81. The number of hydrogen-bond donors (Lipinski definition) is 1. The fraction of sp³-hybridized carbons (Fsp3) is 0.250. The van der Waals surface area contributed by atoms with Crippen LogP contribution in [0.3, 0.4) is 0 Å². The van der Waals surface area contributed by atoms with E-state index in [2.05, 4.69) is 9.97 Å². The van der Waals surface area contributed by atoms with Crippen LogP contribution in [0.15, 0.2) is 41.7 Å². The van der Waals surface area contributed by atoms with Crippen molar-refractivity contribution in [2.24, 2.45) is 0 Å². The third kappa shape index (κ3) is 2.55. The minimum absolute atomic E-state index is 0.0127. The molecular weight excluding hydrogens is 298 g/mol. The summed E-state index contributed by atoms with van der Waals surface area (Å²) in [7, 11) is 0. The van der Waals surface area contributed by atoms with Crippen LogP contribution in [-0.2, 0) is 0 Å². The van der Waals surface area contributed by atoms with Gasteiger partial charge in [-0.2, -0.15) is 0 Å². The number of nitrogens with zero attached hydrogens (tertiary/aromatic N) is 3. The standard InChI is InChI=1S/C16H17N3O2S/c1-11-14(21-10-9-20)7-8-17-15(11)19-13-6-4-3-5-12(13)18-16(19)22-2/h3-8,20H,9-10H2,1-2H3. The molecule has 0 aliphatic heterocycles. The van der Waals surface area contributed by atoms with Crippen LogP contribution in [-0.4, -0.2) is 39.1 Å². The van der Waals surface area contributed by atoms with Crippen molar-refractivity contribution < 1.29 is 9.84 Å². The maximum atomic E-state index is 8.94. The molecule has 0 aliphatic carbocycles. The number of ether oxygens (including phenoxy) is 1. The number of aliphatic hydroxyl groups excluding tert-OH is 1. The SMILES string of the molecule is CSc1nc2ccccc2n1-c1nccc(OCCO)c1C. The van der Waals surface area contributed by atoms with Crippen LogP contribution < -0.4 is 4.74 Å². The maximum absolute atomic E-state index is 8.94. The predicted molar refractivity (Wildman–Crippen MR) is 88.0 cm³/mol. The highest BCUT2D eigenvalue weighted by atomic mass is 32.2. The lowest BCUT2D eigenvalue weighted by molar-refractivity contribution is 0.200. The topological polar surface area (TPSA) is 60.2 Å². The van der Waals surface area contributed by atoms with Gasteiger partial charge in [-0.25, -0.2) is 9.97 Å². The smallest absolute Gasteiger partial charge is 0.174 e. The van der Waals surface area contributed by atoms with Gasteiger partial charge in [0.2, 0.25) is 0 Å². The van der Waals surface area contributed by atoms with Gasteiger partial charge in [-0.1, -0.05) is 23.9 Å². The molecule has 1 N–H and O–H groups in total. The number of fused-ring (bicyclic) bond motifs is 1. The molecule has 0 spiro atoms. The fourth-order valence-electron chi connectivity index (χ4n) is 2.39. The summed E-state index contributed by atoms with van der Waals surface area (Å²) in [6.07, 6.45) is 3.72. The lowest BCUT2D eigenvalue weighted by atomic mass is 10.2. The second-order valence-electron chi connectivity index (χ2n) is 4.75. The summed E-state index contributed by atoms with van der Waals surface area (Å²) in [6.45, 7) is 2.22. The predicted octanol–water partition coefficient (Wildman–Crippen LogP) is 2.82. The normalized spacial score (nSPS) is 11.0. The second kappa shape index (κ2) is 6.37. The molecule has 2 heterocycles. The molecule has 0 atom stereocenters. The van der Waals surface area contributed by atoms with E-state index < -0.39 is 0 Å². The van der Waals surface area contributed by atoms with Gasteiger partial charge in [-0.3, -0.25) is 4.57 Å². The highest BCUT2D eigenvalue weighted by Gasteiger charge is 2.16. The summed E-state index contributed by atoms with van der Waals surface area (Å²) in [5.41, 5.74) is 2.88. The molecular formula is C16H17N3O2S. The monoisotopic (exact) mass is 315 g/mol. The van der Waals surface area contributed by atoms with Gasteiger partial charge in [0.05, 0.1) is 17.6 Å². The van der Waals surface area contributed by atoms with E-state index in [1.807, 2.05) is 48.1 Å². The third-order valence-corrected chi connectivity index (χ3v) is 4.04. The Hall–Kier alpha value is -2.05. The molecule has 2 aromatic heterocycles. The zero-order valence-corrected chi connectivity index (χ0v) is 13.3. The molecule has 3 rings (SSSR count). The van der Waals surface area contributed by atoms with Gasteiger partial charge in [0, 0.05) is 11.8 Å². The van der Waals surface area contributed by atoms with Crippen LogP contribution in [0.4, 0.5) is 0 Å². The van der Waals surface area contributed by atoms with Crippen molar-refractivity contribution in [3.05, 3.63) is 42.1 Å². The Kier molecular flexibility index (Phi) is 4.31. The van der Waals surface area contributed by atoms with Gasteiger partial charge in [0.1, 0.15) is 18.2 Å². The van der Waals surface area contributed by atoms with Gasteiger partial charge in [-0.05, 0) is 31.4 Å². The minimum atomic E-state index is -0.0127. The summed E-state index contributed by atoms with van der Waals surface area (Å²) in [4.78, 5) is 9.16. The Morgan fingerprint density at radius 3 is 2.86 bits per heavy atom. The summed E-state index contributed by atoms with van der Waals surface area (Å²) in [5, 5.41) is 9.82. The minimum Gasteiger partial charge on any atom is -0.491 e. The number of imidazole rings is 1. The van der Waals surface area contributed by atoms with E-state index in [9.17, 15) is 0 Å². The summed E-state index contributed by atoms with van der Waals surface area (Å²) in [5.74, 6) is 1.53. The molecule has 114 valence electrons. The molecule has 0 saturated carbocycles. The first-order chi connectivity index (χ1) is 10.8. The first kappa shape index (κ1) is 14.9. The van der Waals surface area contributed by atoms with Crippen LogP contribution in [0.5, 0.6) is 5.75 Å². The molecule has 22 heavy (non-hydrogen) atoms. The average molecular weight is 315 g/mol. The molecule has 0 saturated heterocycles. The Balaban J connectivity index is 2.19. The second-order valence-corrected chi connectivity index (χ2v) is 5.53. The first-order valence-electron chi connectivity index (χ1n) is 6.97. The molecule has 3 aromatic rings. The Morgan fingerprint density at radius 2 is 2.09 bits per heavy atom. The van der Waals surface area contributed by atoms with Gasteiger partial charge < -0.3 is 9.84 Å². The molecule has 0 amide bonds. The van der Waals surface area contributed by atoms with Crippen molar-refractivity contribution in [2.45, 2.75) is 12.1 Å². The lowest BCUT2D eigenvalue weighted by Gasteiger charge is -2.13. The number of aromatic nitrogens is 3. The third-order valence-electron chi connectivity index (χ3n) is 3.40. The lowest BCUT2D eigenvalue weighted by Crippen LogP contribution is -2.07. The molecule has 0 radical (unpaired) electrons. The molecule has 6 heteroatoms. The fourth-order valence-corrected chi connectivity index (χ4v) is 2.95. The highest BCUT2D eigenvalue weighted by Crippen LogP contribution is 2.30. The van der Waals surface area contributed by atoms with Crippen molar-refractivity contribution >= 4 is 22.8 Å². The number of pyridine rings is 1. The average Bonchev–Trinajstić information content (AvgIpc) is 2.92. The Labute approximate surface area is 133 Å². The van der Waals surface area contributed by atoms with Crippen molar-refractivity contribution in [1.29, 1.82) is 0 Å². The van der Waals surface area contributed by atoms with Gasteiger partial charge in [0.25, 0.3) is 0 Å². The summed E-state index contributed by atoms with van der Waals surface area (Å²) >= 11 is 1.58. The van der Waals surface area contributed by atoms with Crippen LogP contribution in [0, 0.1) is 6.92 Å². The number of benzene rings is 1. The van der Waals surface area contributed by atoms with Crippen molar-refractivity contribution in [3.63, 3.8) is 0 Å². The zero-order chi connectivity index (χ0) is 15.5. The van der Waals surface area contributed by atoms with E-state index in [0.29, 0.717) is 0 Å². The maximum Gasteiger partial charge on any atom is 0.174 e. The number of hydrogen-bond acceptors (Lipinski definition) is 5. The van der Waals surface area contributed by atoms with Crippen LogP contribution in [0.1, 0.15) is 5.56 Å². The van der Waals surface area contributed by atoms with E-state index in [4.69, 9.17) is 9.84 Å². The molecule has 0 bridgehead atoms. The van der Waals surface area contributed by atoms with Crippen molar-refractivity contribution in [2.75, 3.05) is 19.5 Å². The van der Waals surface area contributed by atoms with Gasteiger partial charge in [-0.15, -0.1) is 0 Å². The van der Waals surface area contributed by atoms with Crippen LogP contribution in [0.2, 0.25) is 0 Å².